The number of hydrogen-bond donors (Lipinski definition) is 1. The van der Waals surface area contributed by atoms with Gasteiger partial charge in [0.05, 0.1) is 0 Å². The van der Waals surface area contributed by atoms with E-state index in [2.05, 4.69) is 5.32 Å². The molecule has 1 aromatic carbocycles. The lowest BCUT2D eigenvalue weighted by Gasteiger charge is -2.32. The van der Waals surface area contributed by atoms with Gasteiger partial charge >= 0.3 is 6.03 Å². The van der Waals surface area contributed by atoms with Gasteiger partial charge in [0.1, 0.15) is 6.04 Å². The standard InChI is InChI=1S/C18H25N3O2S/c1-13-5-6-15(12-14(13)2)19-18(23)21-7-3-4-16(21)17(22)20-8-10-24-11-9-20/h5-6,12,16H,3-4,7-11H2,1-2H3,(H,19,23)/t16-/m1/s1. The predicted molar refractivity (Wildman–Crippen MR) is 98.6 cm³/mol. The van der Waals surface area contributed by atoms with E-state index in [0.29, 0.717) is 6.54 Å². The Hall–Kier alpha value is -1.69. The first kappa shape index (κ1) is 17.1. The lowest BCUT2D eigenvalue weighted by molar-refractivity contribution is -0.134. The van der Waals surface area contributed by atoms with Crippen LogP contribution < -0.4 is 5.32 Å². The van der Waals surface area contributed by atoms with Crippen molar-refractivity contribution in [1.82, 2.24) is 9.80 Å². The van der Waals surface area contributed by atoms with E-state index < -0.39 is 0 Å². The highest BCUT2D eigenvalue weighted by Crippen LogP contribution is 2.23. The Morgan fingerprint density at radius 3 is 2.58 bits per heavy atom. The van der Waals surface area contributed by atoms with Crippen molar-refractivity contribution in [3.05, 3.63) is 29.3 Å². The number of rotatable bonds is 2. The maximum absolute atomic E-state index is 12.8. The van der Waals surface area contributed by atoms with Crippen molar-refractivity contribution >= 4 is 29.4 Å². The second-order valence-corrected chi connectivity index (χ2v) is 7.74. The molecule has 3 amide bonds. The Bertz CT molecular complexity index is 629. The molecule has 3 rings (SSSR count). The number of carbonyl (C=O) groups excluding carboxylic acids is 2. The Balaban J connectivity index is 1.66. The summed E-state index contributed by atoms with van der Waals surface area (Å²) in [5.74, 6) is 2.10. The van der Waals surface area contributed by atoms with Crippen LogP contribution in [0, 0.1) is 13.8 Å². The summed E-state index contributed by atoms with van der Waals surface area (Å²) in [6.45, 7) is 6.32. The minimum absolute atomic E-state index is 0.114. The van der Waals surface area contributed by atoms with E-state index in [-0.39, 0.29) is 18.0 Å². The van der Waals surface area contributed by atoms with Crippen molar-refractivity contribution < 1.29 is 9.59 Å². The molecule has 1 atom stereocenters. The third-order valence-electron chi connectivity index (χ3n) is 4.88. The summed E-state index contributed by atoms with van der Waals surface area (Å²) in [4.78, 5) is 29.0. The van der Waals surface area contributed by atoms with Crippen LogP contribution in [0.2, 0.25) is 0 Å². The number of carbonyl (C=O) groups is 2. The molecule has 24 heavy (non-hydrogen) atoms. The van der Waals surface area contributed by atoms with Crippen LogP contribution in [-0.4, -0.2) is 58.9 Å². The zero-order chi connectivity index (χ0) is 17.1. The number of amides is 3. The van der Waals surface area contributed by atoms with Gasteiger partial charge in [0.25, 0.3) is 0 Å². The molecule has 5 nitrogen and oxygen atoms in total. The van der Waals surface area contributed by atoms with Crippen LogP contribution in [0.5, 0.6) is 0 Å². The first-order chi connectivity index (χ1) is 11.6. The Kier molecular flexibility index (Phi) is 5.33. The average Bonchev–Trinajstić information content (AvgIpc) is 3.08. The number of aryl methyl sites for hydroxylation is 2. The lowest BCUT2D eigenvalue weighted by Crippen LogP contribution is -2.51. The highest BCUT2D eigenvalue weighted by molar-refractivity contribution is 7.99. The number of nitrogens with one attached hydrogen (secondary N) is 1. The van der Waals surface area contributed by atoms with Crippen LogP contribution in [0.1, 0.15) is 24.0 Å². The number of benzene rings is 1. The van der Waals surface area contributed by atoms with Crippen LogP contribution in [0.4, 0.5) is 10.5 Å². The minimum atomic E-state index is -0.306. The van der Waals surface area contributed by atoms with Gasteiger partial charge in [-0.05, 0) is 49.9 Å². The topological polar surface area (TPSA) is 52.7 Å². The van der Waals surface area contributed by atoms with Gasteiger partial charge in [-0.2, -0.15) is 11.8 Å². The molecular formula is C18H25N3O2S. The maximum Gasteiger partial charge on any atom is 0.322 e. The van der Waals surface area contributed by atoms with E-state index in [1.54, 1.807) is 4.90 Å². The molecule has 2 saturated heterocycles. The Morgan fingerprint density at radius 1 is 1.12 bits per heavy atom. The number of nitrogens with zero attached hydrogens (tertiary/aromatic N) is 2. The summed E-state index contributed by atoms with van der Waals surface area (Å²) in [6.07, 6.45) is 1.65. The first-order valence-electron chi connectivity index (χ1n) is 8.57. The fraction of sp³-hybridized carbons (Fsp3) is 0.556. The van der Waals surface area contributed by atoms with Crippen molar-refractivity contribution in [2.75, 3.05) is 36.5 Å². The van der Waals surface area contributed by atoms with Gasteiger partial charge in [-0.3, -0.25) is 4.79 Å². The summed E-state index contributed by atoms with van der Waals surface area (Å²) in [5, 5.41) is 2.95. The highest BCUT2D eigenvalue weighted by Gasteiger charge is 2.36. The molecule has 0 radical (unpaired) electrons. The fourth-order valence-corrected chi connectivity index (χ4v) is 4.18. The molecule has 0 spiro atoms. The van der Waals surface area contributed by atoms with Crippen LogP contribution in [-0.2, 0) is 4.79 Å². The molecule has 2 aliphatic rings. The summed E-state index contributed by atoms with van der Waals surface area (Å²) in [5.41, 5.74) is 3.13. The Labute approximate surface area is 147 Å². The first-order valence-corrected chi connectivity index (χ1v) is 9.73. The minimum Gasteiger partial charge on any atom is -0.339 e. The normalized spacial score (nSPS) is 21.0. The molecule has 0 aromatic heterocycles. The Morgan fingerprint density at radius 2 is 1.88 bits per heavy atom. The van der Waals surface area contributed by atoms with E-state index >= 15 is 0 Å². The van der Waals surface area contributed by atoms with Crippen LogP contribution in [0.15, 0.2) is 18.2 Å². The monoisotopic (exact) mass is 347 g/mol. The molecule has 0 unspecified atom stereocenters. The molecule has 0 aliphatic carbocycles. The third-order valence-corrected chi connectivity index (χ3v) is 5.82. The molecule has 2 aliphatic heterocycles. The number of likely N-dealkylation sites (tertiary alicyclic amines) is 1. The van der Waals surface area contributed by atoms with E-state index in [1.807, 2.05) is 48.7 Å². The average molecular weight is 347 g/mol. The number of anilines is 1. The van der Waals surface area contributed by atoms with Gasteiger partial charge in [-0.25, -0.2) is 4.79 Å². The molecule has 0 saturated carbocycles. The van der Waals surface area contributed by atoms with E-state index in [0.717, 1.165) is 48.7 Å². The quantitative estimate of drug-likeness (QED) is 0.895. The lowest BCUT2D eigenvalue weighted by atomic mass is 10.1. The van der Waals surface area contributed by atoms with Gasteiger partial charge in [0.2, 0.25) is 5.91 Å². The SMILES string of the molecule is Cc1ccc(NC(=O)N2CCC[C@@H]2C(=O)N2CCSCC2)cc1C. The smallest absolute Gasteiger partial charge is 0.322 e. The van der Waals surface area contributed by atoms with Crippen LogP contribution in [0.25, 0.3) is 0 Å². The van der Waals surface area contributed by atoms with Gasteiger partial charge < -0.3 is 15.1 Å². The van der Waals surface area contributed by atoms with E-state index in [9.17, 15) is 9.59 Å². The molecule has 2 fully saturated rings. The van der Waals surface area contributed by atoms with Gasteiger partial charge in [-0.1, -0.05) is 6.07 Å². The van der Waals surface area contributed by atoms with Crippen LogP contribution >= 0.6 is 11.8 Å². The largest absolute Gasteiger partial charge is 0.339 e. The number of thioether (sulfide) groups is 1. The molecule has 1 aromatic rings. The van der Waals surface area contributed by atoms with Crippen molar-refractivity contribution in [3.63, 3.8) is 0 Å². The van der Waals surface area contributed by atoms with Crippen molar-refractivity contribution in [3.8, 4) is 0 Å². The molecular weight excluding hydrogens is 322 g/mol. The molecule has 2 heterocycles. The van der Waals surface area contributed by atoms with Crippen LogP contribution in [0.3, 0.4) is 0 Å². The van der Waals surface area contributed by atoms with Gasteiger partial charge in [0.15, 0.2) is 0 Å². The zero-order valence-corrected chi connectivity index (χ0v) is 15.2. The van der Waals surface area contributed by atoms with E-state index in [4.69, 9.17) is 0 Å². The number of urea groups is 1. The summed E-state index contributed by atoms with van der Waals surface area (Å²) in [6, 6.07) is 5.42. The third kappa shape index (κ3) is 3.69. The molecule has 130 valence electrons. The molecule has 1 N–H and O–H groups in total. The maximum atomic E-state index is 12.8. The summed E-state index contributed by atoms with van der Waals surface area (Å²) >= 11 is 1.88. The number of hydrogen-bond acceptors (Lipinski definition) is 3. The zero-order valence-electron chi connectivity index (χ0n) is 14.4. The summed E-state index contributed by atoms with van der Waals surface area (Å²) < 4.78 is 0. The van der Waals surface area contributed by atoms with Crippen molar-refractivity contribution in [1.29, 1.82) is 0 Å². The second kappa shape index (κ2) is 7.47. The van der Waals surface area contributed by atoms with E-state index in [1.165, 1.54) is 5.56 Å². The second-order valence-electron chi connectivity index (χ2n) is 6.52. The van der Waals surface area contributed by atoms with Crippen molar-refractivity contribution in [2.45, 2.75) is 32.7 Å². The fourth-order valence-electron chi connectivity index (χ4n) is 3.28. The van der Waals surface area contributed by atoms with Gasteiger partial charge in [0, 0.05) is 36.8 Å². The molecule has 0 bridgehead atoms. The van der Waals surface area contributed by atoms with Crippen molar-refractivity contribution in [2.24, 2.45) is 0 Å². The molecule has 6 heteroatoms. The predicted octanol–water partition coefficient (Wildman–Crippen LogP) is 2.88. The summed E-state index contributed by atoms with van der Waals surface area (Å²) in [7, 11) is 0. The van der Waals surface area contributed by atoms with Gasteiger partial charge in [-0.15, -0.1) is 0 Å². The highest BCUT2D eigenvalue weighted by atomic mass is 32.2.